The number of hydrogen-bond donors (Lipinski definition) is 3. The normalized spacial score (nSPS) is 10.5. The Morgan fingerprint density at radius 1 is 1.27 bits per heavy atom. The SMILES string of the molecule is O=c1[nH][13c](=O)[nH]c2nc[nH]c12. The summed E-state index contributed by atoms with van der Waals surface area (Å²) in [4.78, 5) is 32.3. The summed E-state index contributed by atoms with van der Waals surface area (Å²) >= 11 is 0. The van der Waals surface area contributed by atoms with E-state index in [1.54, 1.807) is 0 Å². The van der Waals surface area contributed by atoms with Crippen LogP contribution in [0.25, 0.3) is 11.2 Å². The maximum atomic E-state index is 10.9. The van der Waals surface area contributed by atoms with Gasteiger partial charge in [0, 0.05) is 0 Å². The van der Waals surface area contributed by atoms with Crippen LogP contribution in [0.15, 0.2) is 15.9 Å². The summed E-state index contributed by atoms with van der Waals surface area (Å²) in [6, 6.07) is 0. The number of rotatable bonds is 0. The average molecular weight is 153 g/mol. The lowest BCUT2D eigenvalue weighted by Crippen LogP contribution is -2.21. The highest BCUT2D eigenvalue weighted by Gasteiger charge is 1.99. The molecule has 3 N–H and O–H groups in total. The molecule has 0 aromatic carbocycles. The number of fused-ring (bicyclic) bond motifs is 1. The zero-order valence-corrected chi connectivity index (χ0v) is 5.34. The van der Waals surface area contributed by atoms with Gasteiger partial charge >= 0.3 is 5.69 Å². The summed E-state index contributed by atoms with van der Waals surface area (Å²) in [6.07, 6.45) is 1.34. The predicted molar refractivity (Wildman–Crippen MR) is 37.3 cm³/mol. The fraction of sp³-hybridized carbons (Fsp3) is 0. The van der Waals surface area contributed by atoms with Crippen LogP contribution in [0.4, 0.5) is 0 Å². The molecular weight excluding hydrogens is 149 g/mol. The van der Waals surface area contributed by atoms with Crippen molar-refractivity contribution in [2.75, 3.05) is 0 Å². The van der Waals surface area contributed by atoms with Crippen molar-refractivity contribution in [3.05, 3.63) is 27.2 Å². The van der Waals surface area contributed by atoms with Crippen LogP contribution in [0.1, 0.15) is 0 Å². The molecule has 0 saturated carbocycles. The van der Waals surface area contributed by atoms with E-state index in [-0.39, 0.29) is 11.2 Å². The van der Waals surface area contributed by atoms with E-state index in [2.05, 4.69) is 19.9 Å². The van der Waals surface area contributed by atoms with Crippen molar-refractivity contribution in [2.24, 2.45) is 0 Å². The molecular formula is C5H4N4O2. The van der Waals surface area contributed by atoms with Crippen molar-refractivity contribution in [1.29, 1.82) is 0 Å². The molecule has 0 radical (unpaired) electrons. The van der Waals surface area contributed by atoms with Crippen LogP contribution in [0.3, 0.4) is 0 Å². The van der Waals surface area contributed by atoms with Gasteiger partial charge in [0.25, 0.3) is 5.56 Å². The van der Waals surface area contributed by atoms with Gasteiger partial charge in [-0.05, 0) is 0 Å². The molecule has 0 aliphatic carbocycles. The first-order valence-corrected chi connectivity index (χ1v) is 2.93. The van der Waals surface area contributed by atoms with E-state index in [0.717, 1.165) is 0 Å². The van der Waals surface area contributed by atoms with E-state index in [4.69, 9.17) is 0 Å². The lowest BCUT2D eigenvalue weighted by Gasteiger charge is -1.83. The summed E-state index contributed by atoms with van der Waals surface area (Å²) < 4.78 is 0. The fourth-order valence-electron chi connectivity index (χ4n) is 0.867. The third kappa shape index (κ3) is 0.759. The standard InChI is InChI=1S/C5H4N4O2/c10-4-2-3(7-1-6-2)8-5(11)9-4/h1H,(H3,6,7,8,9,10,11)/i5+1. The number of H-pyrrole nitrogens is 3. The summed E-state index contributed by atoms with van der Waals surface area (Å²) in [5.41, 5.74) is -0.445. The first kappa shape index (κ1) is 5.90. The molecule has 11 heavy (non-hydrogen) atoms. The highest BCUT2D eigenvalue weighted by atomic mass is 16.2. The number of nitrogens with one attached hydrogen (secondary N) is 3. The highest BCUT2D eigenvalue weighted by Crippen LogP contribution is 1.92. The molecule has 6 nitrogen and oxygen atoms in total. The second-order valence-corrected chi connectivity index (χ2v) is 2.03. The van der Waals surface area contributed by atoms with E-state index < -0.39 is 11.2 Å². The molecule has 2 rings (SSSR count). The van der Waals surface area contributed by atoms with E-state index in [1.165, 1.54) is 6.33 Å². The van der Waals surface area contributed by atoms with Crippen molar-refractivity contribution in [1.82, 2.24) is 19.9 Å². The van der Waals surface area contributed by atoms with Crippen LogP contribution < -0.4 is 11.2 Å². The number of nitrogens with zero attached hydrogens (tertiary/aromatic N) is 1. The molecule has 0 aliphatic heterocycles. The van der Waals surface area contributed by atoms with Gasteiger partial charge in [-0.2, -0.15) is 0 Å². The van der Waals surface area contributed by atoms with Crippen LogP contribution in [-0.2, 0) is 0 Å². The van der Waals surface area contributed by atoms with Crippen LogP contribution in [0, 0.1) is 0 Å². The molecule has 0 amide bonds. The van der Waals surface area contributed by atoms with Gasteiger partial charge in [-0.25, -0.2) is 9.78 Å². The number of aromatic nitrogens is 4. The molecule has 0 unspecified atom stereocenters. The van der Waals surface area contributed by atoms with E-state index >= 15 is 0 Å². The highest BCUT2D eigenvalue weighted by molar-refractivity contribution is 5.67. The van der Waals surface area contributed by atoms with Gasteiger partial charge in [-0.1, -0.05) is 0 Å². The number of aromatic amines is 3. The Kier molecular flexibility index (Phi) is 0.974. The zero-order chi connectivity index (χ0) is 7.84. The van der Waals surface area contributed by atoms with E-state index in [0.29, 0.717) is 0 Å². The maximum Gasteiger partial charge on any atom is 0.327 e. The quantitative estimate of drug-likeness (QED) is 0.450. The monoisotopic (exact) mass is 153 g/mol. The van der Waals surface area contributed by atoms with Crippen molar-refractivity contribution < 1.29 is 0 Å². The van der Waals surface area contributed by atoms with Crippen LogP contribution in [-0.4, -0.2) is 19.9 Å². The first-order chi connectivity index (χ1) is 5.27. The average Bonchev–Trinajstić information content (AvgIpc) is 2.34. The minimum atomic E-state index is -0.547. The van der Waals surface area contributed by atoms with Crippen molar-refractivity contribution in [2.45, 2.75) is 0 Å². The Bertz CT molecular complexity index is 491. The zero-order valence-electron chi connectivity index (χ0n) is 5.34. The van der Waals surface area contributed by atoms with Crippen LogP contribution in [0.5, 0.6) is 0 Å². The van der Waals surface area contributed by atoms with Gasteiger partial charge in [-0.3, -0.25) is 14.8 Å². The number of imidazole rings is 1. The lowest BCUT2D eigenvalue weighted by atomic mass is 10.6. The van der Waals surface area contributed by atoms with Gasteiger partial charge in [0.15, 0.2) is 5.65 Å². The van der Waals surface area contributed by atoms with Gasteiger partial charge in [0.1, 0.15) is 5.52 Å². The summed E-state index contributed by atoms with van der Waals surface area (Å²) in [5, 5.41) is 0. The molecule has 0 saturated heterocycles. The summed E-state index contributed by atoms with van der Waals surface area (Å²) in [6.45, 7) is 0. The Morgan fingerprint density at radius 3 is 2.91 bits per heavy atom. The Balaban J connectivity index is 3.15. The number of hydrogen-bond acceptors (Lipinski definition) is 3. The fourth-order valence-corrected chi connectivity index (χ4v) is 0.867. The molecule has 0 fully saturated rings. The molecule has 2 aromatic rings. The third-order valence-electron chi connectivity index (χ3n) is 1.33. The van der Waals surface area contributed by atoms with Crippen LogP contribution in [0.2, 0.25) is 0 Å². The summed E-state index contributed by atoms with van der Waals surface area (Å²) in [5.74, 6) is 0. The predicted octanol–water partition coefficient (Wildman–Crippen LogP) is -1.06. The molecule has 2 aromatic heterocycles. The Labute approximate surface area is 59.3 Å². The van der Waals surface area contributed by atoms with Gasteiger partial charge in [0.2, 0.25) is 0 Å². The maximum absolute atomic E-state index is 10.9. The van der Waals surface area contributed by atoms with Crippen molar-refractivity contribution in [3.63, 3.8) is 0 Å². The largest absolute Gasteiger partial charge is 0.339 e. The molecule has 0 atom stereocenters. The molecule has 6 heteroatoms. The minimum Gasteiger partial charge on any atom is -0.339 e. The molecule has 2 heterocycles. The molecule has 56 valence electrons. The second-order valence-electron chi connectivity index (χ2n) is 2.03. The van der Waals surface area contributed by atoms with Gasteiger partial charge in [-0.15, -0.1) is 0 Å². The van der Waals surface area contributed by atoms with Crippen molar-refractivity contribution >= 4 is 11.2 Å². The minimum absolute atomic E-state index is 0.277. The van der Waals surface area contributed by atoms with E-state index in [9.17, 15) is 9.59 Å². The smallest absolute Gasteiger partial charge is 0.327 e. The summed E-state index contributed by atoms with van der Waals surface area (Å²) in [7, 11) is 0. The topological polar surface area (TPSA) is 94.4 Å². The second kappa shape index (κ2) is 1.82. The molecule has 0 bridgehead atoms. The molecule has 0 spiro atoms. The first-order valence-electron chi connectivity index (χ1n) is 2.93. The van der Waals surface area contributed by atoms with E-state index in [1.807, 2.05) is 0 Å². The van der Waals surface area contributed by atoms with Crippen molar-refractivity contribution in [3.8, 4) is 0 Å². The Hall–Kier alpha value is -1.85. The third-order valence-corrected chi connectivity index (χ3v) is 1.33. The van der Waals surface area contributed by atoms with Crippen LogP contribution >= 0.6 is 0 Å². The van der Waals surface area contributed by atoms with Gasteiger partial charge < -0.3 is 4.98 Å². The van der Waals surface area contributed by atoms with Gasteiger partial charge in [0.05, 0.1) is 6.33 Å². The lowest BCUT2D eigenvalue weighted by molar-refractivity contribution is 1.07. The molecule has 0 aliphatic rings. The Morgan fingerprint density at radius 2 is 2.09 bits per heavy atom.